The molecule has 3 rings (SSSR count). The summed E-state index contributed by atoms with van der Waals surface area (Å²) in [6.45, 7) is 8.56. The molecule has 2 fully saturated rings. The van der Waals surface area contributed by atoms with Gasteiger partial charge in [-0.05, 0) is 80.8 Å². The number of halogens is 1. The van der Waals surface area contributed by atoms with Crippen molar-refractivity contribution in [3.63, 3.8) is 0 Å². The topological polar surface area (TPSA) is 9.23 Å². The molecule has 0 heterocycles. The van der Waals surface area contributed by atoms with E-state index < -0.39 is 0 Å². The summed E-state index contributed by atoms with van der Waals surface area (Å²) in [5.74, 6) is 4.15. The summed E-state index contributed by atoms with van der Waals surface area (Å²) in [5, 5.41) is 0. The van der Waals surface area contributed by atoms with Crippen LogP contribution in [-0.2, 0) is 4.74 Å². The zero-order chi connectivity index (χ0) is 18.4. The first-order valence-electron chi connectivity index (χ1n) is 10.5. The summed E-state index contributed by atoms with van der Waals surface area (Å²) in [6.07, 6.45) is 14.5. The Balaban J connectivity index is 0.000000186. The Bertz CT molecular complexity index is 442. The van der Waals surface area contributed by atoms with Crippen molar-refractivity contribution in [2.24, 2.45) is 23.7 Å². The first kappa shape index (κ1) is 20.7. The molecule has 1 nitrogen and oxygen atoms in total. The molecular weight excluding hydrogens is 311 g/mol. The number of hydrogen-bond donors (Lipinski definition) is 0. The molecule has 0 bridgehead atoms. The third-order valence-electron chi connectivity index (χ3n) is 6.94. The maximum Gasteiger partial charge on any atom is 0.132 e. The Morgan fingerprint density at radius 1 is 0.840 bits per heavy atom. The van der Waals surface area contributed by atoms with Crippen molar-refractivity contribution in [3.05, 3.63) is 23.0 Å². The highest BCUT2D eigenvalue weighted by Crippen LogP contribution is 2.40. The van der Waals surface area contributed by atoms with Crippen LogP contribution in [0.3, 0.4) is 0 Å². The molecule has 0 radical (unpaired) electrons. The lowest BCUT2D eigenvalue weighted by Gasteiger charge is -2.36. The van der Waals surface area contributed by atoms with E-state index in [-0.39, 0.29) is 11.9 Å². The molecule has 0 saturated heterocycles. The molecule has 3 aliphatic carbocycles. The van der Waals surface area contributed by atoms with E-state index in [1.807, 2.05) is 13.0 Å². The number of ether oxygens (including phenoxy) is 1. The van der Waals surface area contributed by atoms with Crippen LogP contribution in [0.15, 0.2) is 23.0 Å². The van der Waals surface area contributed by atoms with Gasteiger partial charge in [-0.3, -0.25) is 0 Å². The Morgan fingerprint density at radius 2 is 1.28 bits per heavy atom. The van der Waals surface area contributed by atoms with Crippen LogP contribution in [0.25, 0.3) is 0 Å². The van der Waals surface area contributed by atoms with Crippen molar-refractivity contribution in [2.45, 2.75) is 91.6 Å². The number of methoxy groups -OCH3 is 1. The predicted octanol–water partition coefficient (Wildman–Crippen LogP) is 7.23. The van der Waals surface area contributed by atoms with E-state index in [1.54, 1.807) is 32.6 Å². The van der Waals surface area contributed by atoms with Gasteiger partial charge in [-0.2, -0.15) is 0 Å². The van der Waals surface area contributed by atoms with Gasteiger partial charge in [-0.15, -0.1) is 0 Å². The quantitative estimate of drug-likeness (QED) is 0.510. The molecule has 1 unspecified atom stereocenters. The summed E-state index contributed by atoms with van der Waals surface area (Å²) in [7, 11) is 1.53. The third kappa shape index (κ3) is 5.94. The highest BCUT2D eigenvalue weighted by molar-refractivity contribution is 5.34. The second-order valence-corrected chi connectivity index (χ2v) is 8.86. The Labute approximate surface area is 155 Å². The fourth-order valence-electron chi connectivity index (χ4n) is 4.68. The van der Waals surface area contributed by atoms with E-state index in [9.17, 15) is 4.39 Å². The molecule has 25 heavy (non-hydrogen) atoms. The van der Waals surface area contributed by atoms with Gasteiger partial charge in [0.15, 0.2) is 0 Å². The van der Waals surface area contributed by atoms with Gasteiger partial charge in [0.1, 0.15) is 11.9 Å². The molecule has 2 saturated carbocycles. The van der Waals surface area contributed by atoms with Crippen LogP contribution >= 0.6 is 0 Å². The van der Waals surface area contributed by atoms with E-state index in [4.69, 9.17) is 4.74 Å². The molecule has 0 N–H and O–H groups in total. The van der Waals surface area contributed by atoms with Gasteiger partial charge in [0, 0.05) is 7.11 Å². The van der Waals surface area contributed by atoms with Gasteiger partial charge >= 0.3 is 0 Å². The molecule has 1 atom stereocenters. The summed E-state index contributed by atoms with van der Waals surface area (Å²) in [4.78, 5) is 0. The maximum absolute atomic E-state index is 13.2. The van der Waals surface area contributed by atoms with Crippen molar-refractivity contribution in [2.75, 3.05) is 7.11 Å². The molecule has 0 aromatic rings. The monoisotopic (exact) mass is 350 g/mol. The fourth-order valence-corrected chi connectivity index (χ4v) is 4.68. The van der Waals surface area contributed by atoms with Crippen LogP contribution in [0, 0.1) is 23.7 Å². The second-order valence-electron chi connectivity index (χ2n) is 8.86. The molecule has 0 aliphatic heterocycles. The van der Waals surface area contributed by atoms with E-state index in [0.29, 0.717) is 6.42 Å². The van der Waals surface area contributed by atoms with Crippen LogP contribution in [0.1, 0.15) is 85.5 Å². The standard InChI is InChI=1S/C14H26.C9H13FO/c1-11-3-7-13(8-4-11)14-9-5-12(2)6-10-14;1-6-4-5-8(11-3)9(10)7(6)2/h11-14H,3-10H2,1-2H3;4,8H,5H2,1-3H3. The lowest BCUT2D eigenvalue weighted by atomic mass is 9.70. The van der Waals surface area contributed by atoms with Crippen molar-refractivity contribution in [1.29, 1.82) is 0 Å². The lowest BCUT2D eigenvalue weighted by Crippen LogP contribution is -2.24. The minimum Gasteiger partial charge on any atom is -0.374 e. The molecule has 3 aliphatic rings. The van der Waals surface area contributed by atoms with Crippen molar-refractivity contribution < 1.29 is 9.13 Å². The zero-order valence-corrected chi connectivity index (χ0v) is 17.1. The smallest absolute Gasteiger partial charge is 0.132 e. The molecule has 0 spiro atoms. The first-order valence-corrected chi connectivity index (χ1v) is 10.5. The summed E-state index contributed by atoms with van der Waals surface area (Å²) in [5.41, 5.74) is 1.75. The molecule has 0 amide bonds. The second kappa shape index (κ2) is 9.90. The summed E-state index contributed by atoms with van der Waals surface area (Å²) in [6, 6.07) is 0. The van der Waals surface area contributed by atoms with E-state index >= 15 is 0 Å². The van der Waals surface area contributed by atoms with Crippen LogP contribution in [0.4, 0.5) is 4.39 Å². The van der Waals surface area contributed by atoms with Crippen LogP contribution < -0.4 is 0 Å². The molecule has 0 aromatic heterocycles. The lowest BCUT2D eigenvalue weighted by molar-refractivity contribution is 0.111. The highest BCUT2D eigenvalue weighted by atomic mass is 19.1. The van der Waals surface area contributed by atoms with Gasteiger partial charge < -0.3 is 4.74 Å². The zero-order valence-electron chi connectivity index (χ0n) is 17.1. The molecular formula is C23H39FO. The van der Waals surface area contributed by atoms with E-state index in [1.165, 1.54) is 32.8 Å². The van der Waals surface area contributed by atoms with Crippen molar-refractivity contribution >= 4 is 0 Å². The maximum atomic E-state index is 13.2. The number of hydrogen-bond acceptors (Lipinski definition) is 1. The SMILES string of the molecule is CC1CCC(C2CCC(C)CC2)CC1.COC1CC=C(C)C(C)=C1F. The van der Waals surface area contributed by atoms with Gasteiger partial charge in [0.2, 0.25) is 0 Å². The number of rotatable bonds is 2. The third-order valence-corrected chi connectivity index (χ3v) is 6.94. The normalized spacial score (nSPS) is 36.4. The molecule has 144 valence electrons. The summed E-state index contributed by atoms with van der Waals surface area (Å²) >= 11 is 0. The van der Waals surface area contributed by atoms with Crippen molar-refractivity contribution in [3.8, 4) is 0 Å². The Morgan fingerprint density at radius 3 is 1.68 bits per heavy atom. The van der Waals surface area contributed by atoms with E-state index in [0.717, 1.165) is 34.8 Å². The first-order chi connectivity index (χ1) is 11.9. The predicted molar refractivity (Wildman–Crippen MR) is 105 cm³/mol. The van der Waals surface area contributed by atoms with Crippen LogP contribution in [0.5, 0.6) is 0 Å². The summed E-state index contributed by atoms with van der Waals surface area (Å²) < 4.78 is 18.2. The average Bonchev–Trinajstić information content (AvgIpc) is 2.62. The molecule has 0 aromatic carbocycles. The molecule has 2 heteroatoms. The average molecular weight is 351 g/mol. The number of allylic oxidation sites excluding steroid dienone is 2. The minimum absolute atomic E-state index is 0.118. The van der Waals surface area contributed by atoms with E-state index in [2.05, 4.69) is 13.8 Å². The Kier molecular flexibility index (Phi) is 8.19. The van der Waals surface area contributed by atoms with Crippen LogP contribution in [0.2, 0.25) is 0 Å². The minimum atomic E-state index is -0.348. The van der Waals surface area contributed by atoms with Gasteiger partial charge in [-0.1, -0.05) is 45.6 Å². The highest BCUT2D eigenvalue weighted by Gasteiger charge is 2.28. The fraction of sp³-hybridized carbons (Fsp3) is 0.826. The van der Waals surface area contributed by atoms with Crippen molar-refractivity contribution in [1.82, 2.24) is 0 Å². The van der Waals surface area contributed by atoms with Gasteiger partial charge in [0.05, 0.1) is 0 Å². The van der Waals surface area contributed by atoms with Crippen LogP contribution in [-0.4, -0.2) is 13.2 Å². The van der Waals surface area contributed by atoms with Gasteiger partial charge in [0.25, 0.3) is 0 Å². The Hall–Kier alpha value is -0.630. The van der Waals surface area contributed by atoms with Gasteiger partial charge in [-0.25, -0.2) is 4.39 Å². The largest absolute Gasteiger partial charge is 0.374 e.